The maximum atomic E-state index is 13.0. The van der Waals surface area contributed by atoms with E-state index >= 15 is 0 Å². The summed E-state index contributed by atoms with van der Waals surface area (Å²) in [7, 11) is 1.40. The second-order valence-corrected chi connectivity index (χ2v) is 1.97. The molecule has 1 aromatic carbocycles. The summed E-state index contributed by atoms with van der Waals surface area (Å²) in [6.45, 7) is 0. The third-order valence-corrected chi connectivity index (χ3v) is 1.34. The summed E-state index contributed by atoms with van der Waals surface area (Å²) in [5, 5.41) is 0. The first-order chi connectivity index (χ1) is 5.29. The molecule has 60 valence electrons. The van der Waals surface area contributed by atoms with E-state index in [9.17, 15) is 4.39 Å². The van der Waals surface area contributed by atoms with Gasteiger partial charge in [0, 0.05) is 0 Å². The van der Waals surface area contributed by atoms with Gasteiger partial charge in [-0.2, -0.15) is 0 Å². The molecule has 3 N–H and O–H groups in total. The quantitative estimate of drug-likeness (QED) is 0.498. The Kier molecular flexibility index (Phi) is 2.28. The Bertz CT molecular complexity index is 230. The van der Waals surface area contributed by atoms with E-state index in [1.165, 1.54) is 19.2 Å². The van der Waals surface area contributed by atoms with Gasteiger partial charge in [0.2, 0.25) is 0 Å². The van der Waals surface area contributed by atoms with Gasteiger partial charge in [0.25, 0.3) is 0 Å². The normalized spacial score (nSPS) is 9.36. The van der Waals surface area contributed by atoms with Crippen LogP contribution in [0.3, 0.4) is 0 Å². The third-order valence-electron chi connectivity index (χ3n) is 1.34. The molecule has 0 saturated carbocycles. The Labute approximate surface area is 63.9 Å². The standard InChI is InChI=1S/C7H9FN2O/c1-11-6-4-2-3-5(10-9)7(6)8/h2-4,10H,9H2,1H3. The van der Waals surface area contributed by atoms with Crippen molar-refractivity contribution in [2.75, 3.05) is 12.5 Å². The first-order valence-electron chi connectivity index (χ1n) is 3.08. The maximum absolute atomic E-state index is 13.0. The maximum Gasteiger partial charge on any atom is 0.189 e. The van der Waals surface area contributed by atoms with Crippen molar-refractivity contribution in [3.8, 4) is 5.75 Å². The van der Waals surface area contributed by atoms with Crippen LogP contribution in [0.15, 0.2) is 18.2 Å². The molecule has 11 heavy (non-hydrogen) atoms. The van der Waals surface area contributed by atoms with E-state index in [-0.39, 0.29) is 11.4 Å². The van der Waals surface area contributed by atoms with Gasteiger partial charge in [-0.3, -0.25) is 5.84 Å². The van der Waals surface area contributed by atoms with E-state index in [0.29, 0.717) is 0 Å². The molecule has 0 unspecified atom stereocenters. The van der Waals surface area contributed by atoms with Crippen molar-refractivity contribution in [2.24, 2.45) is 5.84 Å². The van der Waals surface area contributed by atoms with Crippen LogP contribution in [-0.2, 0) is 0 Å². The topological polar surface area (TPSA) is 47.3 Å². The molecule has 4 heteroatoms. The Morgan fingerprint density at radius 2 is 2.27 bits per heavy atom. The number of benzene rings is 1. The molecule has 1 rings (SSSR count). The van der Waals surface area contributed by atoms with Crippen molar-refractivity contribution >= 4 is 5.69 Å². The number of methoxy groups -OCH3 is 1. The van der Waals surface area contributed by atoms with Crippen LogP contribution in [0.25, 0.3) is 0 Å². The number of nitrogens with one attached hydrogen (secondary N) is 1. The van der Waals surface area contributed by atoms with Crippen molar-refractivity contribution in [3.05, 3.63) is 24.0 Å². The third kappa shape index (κ3) is 1.40. The number of hydrogen-bond acceptors (Lipinski definition) is 3. The molecule has 3 nitrogen and oxygen atoms in total. The highest BCUT2D eigenvalue weighted by atomic mass is 19.1. The minimum atomic E-state index is -0.475. The lowest BCUT2D eigenvalue weighted by Gasteiger charge is -2.05. The monoisotopic (exact) mass is 156 g/mol. The van der Waals surface area contributed by atoms with E-state index in [1.54, 1.807) is 6.07 Å². The molecular weight excluding hydrogens is 147 g/mol. The Morgan fingerprint density at radius 1 is 1.55 bits per heavy atom. The van der Waals surface area contributed by atoms with Crippen LogP contribution in [0.5, 0.6) is 5.75 Å². The van der Waals surface area contributed by atoms with Crippen LogP contribution < -0.4 is 16.0 Å². The Hall–Kier alpha value is -1.29. The van der Waals surface area contributed by atoms with E-state index in [2.05, 4.69) is 5.43 Å². The Morgan fingerprint density at radius 3 is 2.82 bits per heavy atom. The number of hydrogen-bond donors (Lipinski definition) is 2. The van der Waals surface area contributed by atoms with Crippen LogP contribution in [0.4, 0.5) is 10.1 Å². The average Bonchev–Trinajstić information content (AvgIpc) is 2.05. The second-order valence-electron chi connectivity index (χ2n) is 1.97. The highest BCUT2D eigenvalue weighted by Crippen LogP contribution is 2.22. The lowest BCUT2D eigenvalue weighted by molar-refractivity contribution is 0.387. The predicted octanol–water partition coefficient (Wildman–Crippen LogP) is 1.12. The molecular formula is C7H9FN2O. The molecule has 0 aliphatic heterocycles. The fourth-order valence-corrected chi connectivity index (χ4v) is 0.780. The van der Waals surface area contributed by atoms with Crippen LogP contribution >= 0.6 is 0 Å². The number of rotatable bonds is 2. The van der Waals surface area contributed by atoms with E-state index < -0.39 is 5.82 Å². The molecule has 0 aromatic heterocycles. The first kappa shape index (κ1) is 7.81. The van der Waals surface area contributed by atoms with Crippen LogP contribution in [-0.4, -0.2) is 7.11 Å². The molecule has 0 saturated heterocycles. The summed E-state index contributed by atoms with van der Waals surface area (Å²) >= 11 is 0. The number of anilines is 1. The van der Waals surface area contributed by atoms with Gasteiger partial charge in [-0.05, 0) is 12.1 Å². The minimum absolute atomic E-state index is 0.181. The SMILES string of the molecule is COc1cccc(NN)c1F. The summed E-state index contributed by atoms with van der Waals surface area (Å²) in [5.41, 5.74) is 2.44. The smallest absolute Gasteiger partial charge is 0.189 e. The Balaban J connectivity index is 3.10. The summed E-state index contributed by atoms with van der Waals surface area (Å²) < 4.78 is 17.7. The fraction of sp³-hybridized carbons (Fsp3) is 0.143. The highest BCUT2D eigenvalue weighted by Gasteiger charge is 2.05. The van der Waals surface area contributed by atoms with Crippen molar-refractivity contribution < 1.29 is 9.13 Å². The lowest BCUT2D eigenvalue weighted by Crippen LogP contribution is -2.08. The number of hydrazine groups is 1. The molecule has 0 aliphatic carbocycles. The molecule has 0 amide bonds. The van der Waals surface area contributed by atoms with Crippen LogP contribution in [0, 0.1) is 5.82 Å². The van der Waals surface area contributed by atoms with Gasteiger partial charge in [-0.15, -0.1) is 0 Å². The van der Waals surface area contributed by atoms with Gasteiger partial charge >= 0.3 is 0 Å². The molecule has 0 fully saturated rings. The van der Waals surface area contributed by atoms with E-state index in [1.807, 2.05) is 0 Å². The van der Waals surface area contributed by atoms with E-state index in [4.69, 9.17) is 10.6 Å². The van der Waals surface area contributed by atoms with Gasteiger partial charge in [0.1, 0.15) is 0 Å². The van der Waals surface area contributed by atoms with Crippen molar-refractivity contribution in [1.82, 2.24) is 0 Å². The zero-order valence-electron chi connectivity index (χ0n) is 6.10. The number of nitrogens with two attached hydrogens (primary N) is 1. The number of halogens is 1. The molecule has 0 spiro atoms. The predicted molar refractivity (Wildman–Crippen MR) is 40.8 cm³/mol. The van der Waals surface area contributed by atoms with Crippen LogP contribution in [0.1, 0.15) is 0 Å². The molecule has 0 radical (unpaired) electrons. The van der Waals surface area contributed by atoms with Gasteiger partial charge in [0.15, 0.2) is 11.6 Å². The zero-order chi connectivity index (χ0) is 8.27. The van der Waals surface area contributed by atoms with Crippen molar-refractivity contribution in [1.29, 1.82) is 0 Å². The second kappa shape index (κ2) is 3.21. The van der Waals surface area contributed by atoms with Crippen molar-refractivity contribution in [3.63, 3.8) is 0 Å². The molecule has 1 aromatic rings. The number of nitrogen functional groups attached to an aromatic ring is 1. The summed E-state index contributed by atoms with van der Waals surface area (Å²) in [5.74, 6) is 4.74. The minimum Gasteiger partial charge on any atom is -0.494 e. The fourth-order valence-electron chi connectivity index (χ4n) is 0.780. The van der Waals surface area contributed by atoms with Gasteiger partial charge in [0.05, 0.1) is 12.8 Å². The zero-order valence-corrected chi connectivity index (χ0v) is 6.10. The molecule has 0 bridgehead atoms. The molecule has 0 heterocycles. The van der Waals surface area contributed by atoms with Gasteiger partial charge in [-0.25, -0.2) is 4.39 Å². The van der Waals surface area contributed by atoms with Gasteiger partial charge < -0.3 is 10.2 Å². The summed E-state index contributed by atoms with van der Waals surface area (Å²) in [6, 6.07) is 4.70. The van der Waals surface area contributed by atoms with Crippen molar-refractivity contribution in [2.45, 2.75) is 0 Å². The number of ether oxygens (including phenoxy) is 1. The average molecular weight is 156 g/mol. The van der Waals surface area contributed by atoms with Gasteiger partial charge in [-0.1, -0.05) is 6.07 Å². The highest BCUT2D eigenvalue weighted by molar-refractivity contribution is 5.49. The van der Waals surface area contributed by atoms with Crippen LogP contribution in [0.2, 0.25) is 0 Å². The summed E-state index contributed by atoms with van der Waals surface area (Å²) in [6.07, 6.45) is 0. The lowest BCUT2D eigenvalue weighted by atomic mass is 10.3. The van der Waals surface area contributed by atoms with E-state index in [0.717, 1.165) is 0 Å². The molecule has 0 aliphatic rings. The first-order valence-corrected chi connectivity index (χ1v) is 3.08. The largest absolute Gasteiger partial charge is 0.494 e. The molecule has 0 atom stereocenters. The summed E-state index contributed by atoms with van der Waals surface area (Å²) in [4.78, 5) is 0.